The van der Waals surface area contributed by atoms with Gasteiger partial charge < -0.3 is 59.2 Å². The maximum absolute atomic E-state index is 15.0. The van der Waals surface area contributed by atoms with Crippen LogP contribution in [0.1, 0.15) is 221 Å². The van der Waals surface area contributed by atoms with E-state index in [-0.39, 0.29) is 82.1 Å². The first-order valence-corrected chi connectivity index (χ1v) is 41.5. The molecule has 0 saturated carbocycles. The minimum atomic E-state index is -1.39. The summed E-state index contributed by atoms with van der Waals surface area (Å²) >= 11 is 0. The Kier molecular flexibility index (Phi) is 48.5. The molecule has 3 aliphatic rings. The Morgan fingerprint density at radius 2 is 1.02 bits per heavy atom. The fourth-order valence-corrected chi connectivity index (χ4v) is 14.7. The number of likely N-dealkylation sites (N-methyl/N-ethyl adjacent to an activating group) is 4. The lowest BCUT2D eigenvalue weighted by Crippen LogP contribution is -2.53. The van der Waals surface area contributed by atoms with Crippen LogP contribution >= 0.6 is 0 Å². The summed E-state index contributed by atoms with van der Waals surface area (Å²) in [6, 6.07) is -6.73. The number of hydrogen-bond acceptors (Lipinski definition) is 18. The van der Waals surface area contributed by atoms with E-state index < -0.39 is 161 Å². The molecule has 110 heavy (non-hydrogen) atoms. The highest BCUT2D eigenvalue weighted by Gasteiger charge is 2.43. The quantitative estimate of drug-likeness (QED) is 0.0463. The van der Waals surface area contributed by atoms with Gasteiger partial charge in [0.05, 0.1) is 88.5 Å². The Morgan fingerprint density at radius 3 is 1.55 bits per heavy atom. The molecule has 3 N–H and O–H groups in total. The molecule has 3 saturated heterocycles. The molecule has 0 aromatic heterocycles. The predicted octanol–water partition coefficient (Wildman–Crippen LogP) is 10.2. The van der Waals surface area contributed by atoms with Crippen LogP contribution in [0, 0.1) is 65.1 Å². The van der Waals surface area contributed by atoms with Crippen LogP contribution in [0.4, 0.5) is 0 Å². The lowest BCUT2D eigenvalue weighted by molar-refractivity contribution is -0.148. The van der Waals surface area contributed by atoms with E-state index in [1.54, 1.807) is 73.6 Å². The number of aliphatic hydroxyl groups excluding tert-OH is 1. The number of piperidine rings is 1. The average molecular weight is 1550 g/mol. The Labute approximate surface area is 662 Å². The van der Waals surface area contributed by atoms with Crippen LogP contribution in [0.15, 0.2) is 36.5 Å². The van der Waals surface area contributed by atoms with Gasteiger partial charge in [-0.1, -0.05) is 147 Å². The van der Waals surface area contributed by atoms with Gasteiger partial charge in [0.1, 0.15) is 12.1 Å². The van der Waals surface area contributed by atoms with E-state index in [0.717, 1.165) is 51.7 Å². The molecule has 0 aromatic carbocycles. The Balaban J connectivity index is 0.00000226. The fraction of sp³-hybridized carbons (Fsp3) is 0.802. The molecule has 3 fully saturated rings. The standard InChI is InChI=1S/C72H123N7O15.C14H27NO/c1-21-23-26-49(13)67(86)55-43-62(83)65(48(11)12)78(20)71(90)53(37-44(3)4)41-61(82)58(39-46(7)8)75(17)70(89)51(15)73-68(87)50(14)40-60(81)57(38-45(5)6)76(18)72(91)54(47(9)10)42-63(84)66(77(19)64(85)28-27-59(80)56(22-2)74-69(55)88)52(16)94-33-25-24-32-92-34-29-79-30-35-93-36-31-79;1-14(2)8-4-7-12-16-13-11-15-9-5-3-6-10-15/h21,23-25,44-58,65-67,86H,22,26-43H2,1-20H3,(H,73,87)(H,74,88);4,7,14H,3,5-6,8-13H2,1-2H3/b23-21+,25-24+;7-4+/t49-,50-,51-,52-,53-,54+,55+,56+,57+,58+,65+,66+,67-;/m1./s1. The Morgan fingerprint density at radius 1 is 0.500 bits per heavy atom. The molecular weight excluding hydrogens is 1400 g/mol. The zero-order chi connectivity index (χ0) is 83.1. The molecule has 0 radical (unpaired) electrons. The number of aliphatic hydroxyl groups is 1. The summed E-state index contributed by atoms with van der Waals surface area (Å²) in [5, 5.41) is 17.6. The predicted molar refractivity (Wildman–Crippen MR) is 433 cm³/mol. The first kappa shape index (κ1) is 100. The average Bonchev–Trinajstić information content (AvgIpc) is 0.826. The highest BCUT2D eigenvalue weighted by atomic mass is 16.5. The zero-order valence-electron chi connectivity index (χ0n) is 72.0. The van der Waals surface area contributed by atoms with E-state index in [9.17, 15) is 57.8 Å². The summed E-state index contributed by atoms with van der Waals surface area (Å²) in [4.78, 5) is 171. The molecule has 6 amide bonds. The van der Waals surface area contributed by atoms with Crippen molar-refractivity contribution in [2.24, 2.45) is 65.1 Å². The molecule has 3 heterocycles. The SMILES string of the molecule is C/C=C/C[C@@H](C)[C@@H](O)[C@@H]1CC(=O)[C@H](C(C)C)N(C)C(=O)[C@H](CC(C)C)CC(=O)[C@H](CC(C)C)N(C)C(=O)[C@@H](C)NC(=O)[C@H](C)CC(=O)[C@H](CC(C)C)N(C)C(=O)[C@H](C(C)C)CC(=O)[C@H]([C@@H](C)OC/C=C/COCCN2CCOCC2)N(C)C(=O)CCC(=O)[C@H](CC)NC1=O.CC(C)C/C=C/COCCN1CCCCC1. The first-order chi connectivity index (χ1) is 51.8. The molecule has 0 unspecified atom stereocenters. The van der Waals surface area contributed by atoms with Gasteiger partial charge in [0, 0.05) is 111 Å². The number of amides is 6. The summed E-state index contributed by atoms with van der Waals surface area (Å²) in [7, 11) is 5.91. The summed E-state index contributed by atoms with van der Waals surface area (Å²) in [5.74, 6) is -11.2. The summed E-state index contributed by atoms with van der Waals surface area (Å²) < 4.78 is 23.1. The van der Waals surface area contributed by atoms with Crippen molar-refractivity contribution in [3.8, 4) is 0 Å². The van der Waals surface area contributed by atoms with Gasteiger partial charge in [-0.3, -0.25) is 57.6 Å². The number of rotatable bonds is 29. The third kappa shape index (κ3) is 36.1. The van der Waals surface area contributed by atoms with E-state index in [4.69, 9.17) is 18.9 Å². The van der Waals surface area contributed by atoms with Crippen LogP contribution in [-0.4, -0.2) is 261 Å². The van der Waals surface area contributed by atoms with Crippen molar-refractivity contribution >= 4 is 64.4 Å². The van der Waals surface area contributed by atoms with Crippen molar-refractivity contribution in [1.29, 1.82) is 0 Å². The second-order valence-corrected chi connectivity index (χ2v) is 33.7. The van der Waals surface area contributed by atoms with Gasteiger partial charge in [-0.15, -0.1) is 0 Å². The molecule has 0 aliphatic carbocycles. The molecule has 630 valence electrons. The summed E-state index contributed by atoms with van der Waals surface area (Å²) in [6.45, 7) is 42.9. The maximum atomic E-state index is 15.0. The number of hydrogen-bond donors (Lipinski definition) is 3. The normalized spacial score (nSPS) is 25.9. The third-order valence-electron chi connectivity index (χ3n) is 21.5. The first-order valence-electron chi connectivity index (χ1n) is 41.5. The second kappa shape index (κ2) is 53.2. The van der Waals surface area contributed by atoms with Crippen molar-refractivity contribution in [2.45, 2.75) is 269 Å². The summed E-state index contributed by atoms with van der Waals surface area (Å²) in [6.07, 6.45) is 13.5. The third-order valence-corrected chi connectivity index (χ3v) is 21.5. The smallest absolute Gasteiger partial charge is 0.245 e. The van der Waals surface area contributed by atoms with Crippen molar-refractivity contribution in [3.05, 3.63) is 36.5 Å². The Bertz CT molecular complexity index is 2900. The van der Waals surface area contributed by atoms with Crippen molar-refractivity contribution in [1.82, 2.24) is 40.0 Å². The van der Waals surface area contributed by atoms with E-state index in [0.29, 0.717) is 32.8 Å². The van der Waals surface area contributed by atoms with Crippen LogP contribution in [0.3, 0.4) is 0 Å². The maximum Gasteiger partial charge on any atom is 0.245 e. The zero-order valence-corrected chi connectivity index (χ0v) is 72.0. The lowest BCUT2D eigenvalue weighted by atomic mass is 9.82. The van der Waals surface area contributed by atoms with E-state index in [2.05, 4.69) is 46.4 Å². The highest BCUT2D eigenvalue weighted by molar-refractivity contribution is 5.99. The molecular formula is C86H150N8O16. The van der Waals surface area contributed by atoms with Crippen LogP contribution in [0.5, 0.6) is 0 Å². The van der Waals surface area contributed by atoms with Gasteiger partial charge in [0.25, 0.3) is 0 Å². The van der Waals surface area contributed by atoms with Crippen LogP contribution in [-0.2, 0) is 71.7 Å². The number of morpholine rings is 1. The molecule has 3 rings (SSSR count). The second-order valence-electron chi connectivity index (χ2n) is 33.7. The number of allylic oxidation sites excluding steroid dienone is 3. The fourth-order valence-electron chi connectivity index (χ4n) is 14.7. The van der Waals surface area contributed by atoms with Crippen molar-refractivity contribution < 1.29 is 76.8 Å². The minimum absolute atomic E-state index is 0.0357. The van der Waals surface area contributed by atoms with Gasteiger partial charge in [0.2, 0.25) is 35.4 Å². The van der Waals surface area contributed by atoms with Crippen molar-refractivity contribution in [2.75, 3.05) is 114 Å². The van der Waals surface area contributed by atoms with Gasteiger partial charge >= 0.3 is 0 Å². The van der Waals surface area contributed by atoms with Gasteiger partial charge in [-0.25, -0.2) is 0 Å². The monoisotopic (exact) mass is 1550 g/mol. The number of ether oxygens (including phenoxy) is 4. The number of ketones is 5. The number of nitrogens with one attached hydrogen (secondary N) is 2. The largest absolute Gasteiger partial charge is 0.392 e. The van der Waals surface area contributed by atoms with Gasteiger partial charge in [0.15, 0.2) is 28.9 Å². The molecule has 24 heteroatoms. The van der Waals surface area contributed by atoms with Gasteiger partial charge in [-0.05, 0) is 127 Å². The van der Waals surface area contributed by atoms with E-state index in [1.807, 2.05) is 54.5 Å². The molecule has 0 bridgehead atoms. The van der Waals surface area contributed by atoms with E-state index >= 15 is 0 Å². The number of Topliss-reactive ketones (excluding diaryl/α,β-unsaturated/α-hetero) is 5. The number of nitrogens with zero attached hydrogens (tertiary/aromatic N) is 6. The van der Waals surface area contributed by atoms with Crippen LogP contribution in [0.25, 0.3) is 0 Å². The van der Waals surface area contributed by atoms with E-state index in [1.165, 1.54) is 87.1 Å². The van der Waals surface area contributed by atoms with Crippen LogP contribution in [0.2, 0.25) is 0 Å². The lowest BCUT2D eigenvalue weighted by Gasteiger charge is -2.36. The minimum Gasteiger partial charge on any atom is -0.392 e. The molecule has 0 spiro atoms. The molecule has 13 atom stereocenters. The summed E-state index contributed by atoms with van der Waals surface area (Å²) in [5.41, 5.74) is 0. The number of carbonyl (C=O) groups is 11. The van der Waals surface area contributed by atoms with Gasteiger partial charge in [-0.2, -0.15) is 0 Å². The number of carbonyl (C=O) groups excluding carboxylic acids is 11. The molecule has 3 aliphatic heterocycles. The molecule has 24 nitrogen and oxygen atoms in total. The Hall–Kier alpha value is -5.89. The molecule has 0 aromatic rings. The van der Waals surface area contributed by atoms with Crippen LogP contribution < -0.4 is 10.6 Å². The topological polar surface area (TPSA) is 288 Å². The van der Waals surface area contributed by atoms with Crippen molar-refractivity contribution in [3.63, 3.8) is 0 Å². The number of likely N-dealkylation sites (tertiary alicyclic amines) is 1. The highest BCUT2D eigenvalue weighted by Crippen LogP contribution is 2.30.